The van der Waals surface area contributed by atoms with Crippen LogP contribution in [0.15, 0.2) is 18.2 Å². The number of hydrogen-bond acceptors (Lipinski definition) is 3. The van der Waals surface area contributed by atoms with Crippen LogP contribution in [0.5, 0.6) is 5.75 Å². The van der Waals surface area contributed by atoms with E-state index in [-0.39, 0.29) is 12.1 Å². The lowest BCUT2D eigenvalue weighted by Gasteiger charge is -2.22. The Bertz CT molecular complexity index is 475. The number of benzene rings is 1. The molecule has 0 spiro atoms. The molecule has 1 aliphatic heterocycles. The maximum absolute atomic E-state index is 12.1. The van der Waals surface area contributed by atoms with Gasteiger partial charge in [-0.1, -0.05) is 17.7 Å². The van der Waals surface area contributed by atoms with Gasteiger partial charge < -0.3 is 19.7 Å². The third kappa shape index (κ3) is 3.55. The molecule has 1 heterocycles. The van der Waals surface area contributed by atoms with Gasteiger partial charge >= 0.3 is 6.03 Å². The van der Waals surface area contributed by atoms with Crippen molar-refractivity contribution in [3.05, 3.63) is 23.2 Å². The lowest BCUT2D eigenvalue weighted by atomic mass is 10.2. The number of ether oxygens (including phenoxy) is 2. The number of urea groups is 1. The number of nitrogens with one attached hydrogen (secondary N) is 1. The summed E-state index contributed by atoms with van der Waals surface area (Å²) in [5.41, 5.74) is 0.559. The molecular weight excluding hydrogens is 280 g/mol. The maximum atomic E-state index is 12.1. The number of carbonyl (C=O) groups is 1. The summed E-state index contributed by atoms with van der Waals surface area (Å²) in [7, 11) is 3.26. The first-order valence-corrected chi connectivity index (χ1v) is 6.96. The van der Waals surface area contributed by atoms with E-state index in [1.165, 1.54) is 7.11 Å². The normalized spacial score (nSPS) is 17.9. The van der Waals surface area contributed by atoms with Crippen LogP contribution in [0.1, 0.15) is 12.8 Å². The van der Waals surface area contributed by atoms with Crippen LogP contribution in [-0.4, -0.2) is 44.3 Å². The van der Waals surface area contributed by atoms with E-state index in [0.29, 0.717) is 23.0 Å². The summed E-state index contributed by atoms with van der Waals surface area (Å²) < 4.78 is 10.7. The minimum atomic E-state index is -0.207. The van der Waals surface area contributed by atoms with Gasteiger partial charge in [0, 0.05) is 20.2 Å². The van der Waals surface area contributed by atoms with Gasteiger partial charge in [0.1, 0.15) is 0 Å². The summed E-state index contributed by atoms with van der Waals surface area (Å²) in [5, 5.41) is 3.26. The highest BCUT2D eigenvalue weighted by molar-refractivity contribution is 6.32. The van der Waals surface area contributed by atoms with Gasteiger partial charge in [-0.3, -0.25) is 0 Å². The van der Waals surface area contributed by atoms with Crippen LogP contribution in [-0.2, 0) is 4.74 Å². The molecule has 1 N–H and O–H groups in total. The van der Waals surface area contributed by atoms with E-state index in [1.54, 1.807) is 30.1 Å². The molecule has 5 nitrogen and oxygen atoms in total. The molecular formula is C14H19ClN2O3. The Morgan fingerprint density at radius 3 is 3.05 bits per heavy atom. The highest BCUT2D eigenvalue weighted by Crippen LogP contribution is 2.32. The Labute approximate surface area is 123 Å². The average Bonchev–Trinajstić information content (AvgIpc) is 2.91. The average molecular weight is 299 g/mol. The monoisotopic (exact) mass is 298 g/mol. The van der Waals surface area contributed by atoms with Crippen molar-refractivity contribution in [2.45, 2.75) is 18.9 Å². The molecule has 2 amide bonds. The molecule has 1 aromatic carbocycles. The van der Waals surface area contributed by atoms with Crippen molar-refractivity contribution in [3.8, 4) is 5.75 Å². The minimum absolute atomic E-state index is 0.131. The minimum Gasteiger partial charge on any atom is -0.493 e. The number of amides is 2. The van der Waals surface area contributed by atoms with E-state index in [0.717, 1.165) is 19.4 Å². The molecule has 0 saturated carbocycles. The lowest BCUT2D eigenvalue weighted by molar-refractivity contribution is 0.0894. The molecule has 6 heteroatoms. The largest absolute Gasteiger partial charge is 0.493 e. The van der Waals surface area contributed by atoms with E-state index in [2.05, 4.69) is 5.32 Å². The molecule has 0 radical (unpaired) electrons. The molecule has 2 rings (SSSR count). The number of anilines is 1. The zero-order valence-electron chi connectivity index (χ0n) is 11.7. The smallest absolute Gasteiger partial charge is 0.321 e. The van der Waals surface area contributed by atoms with Gasteiger partial charge in [-0.15, -0.1) is 0 Å². The second kappa shape index (κ2) is 6.81. The molecule has 0 bridgehead atoms. The van der Waals surface area contributed by atoms with Crippen LogP contribution in [0.25, 0.3) is 0 Å². The van der Waals surface area contributed by atoms with E-state index in [4.69, 9.17) is 21.1 Å². The number of halogens is 1. The summed E-state index contributed by atoms with van der Waals surface area (Å²) in [6.45, 7) is 1.36. The highest BCUT2D eigenvalue weighted by Gasteiger charge is 2.20. The fourth-order valence-corrected chi connectivity index (χ4v) is 2.45. The van der Waals surface area contributed by atoms with Gasteiger partial charge in [0.15, 0.2) is 5.75 Å². The van der Waals surface area contributed by atoms with E-state index in [9.17, 15) is 4.79 Å². The van der Waals surface area contributed by atoms with Crippen LogP contribution in [0.3, 0.4) is 0 Å². The molecule has 1 aromatic rings. The number of nitrogens with zero attached hydrogens (tertiary/aromatic N) is 1. The Morgan fingerprint density at radius 2 is 2.40 bits per heavy atom. The van der Waals surface area contributed by atoms with Gasteiger partial charge in [-0.25, -0.2) is 4.79 Å². The Morgan fingerprint density at radius 1 is 1.60 bits per heavy atom. The summed E-state index contributed by atoms with van der Waals surface area (Å²) in [5.74, 6) is 0.466. The molecule has 0 aliphatic carbocycles. The molecule has 20 heavy (non-hydrogen) atoms. The fourth-order valence-electron chi connectivity index (χ4n) is 2.20. The van der Waals surface area contributed by atoms with E-state index >= 15 is 0 Å². The first-order chi connectivity index (χ1) is 9.61. The lowest BCUT2D eigenvalue weighted by Crippen LogP contribution is -2.37. The van der Waals surface area contributed by atoms with Crippen molar-refractivity contribution >= 4 is 23.3 Å². The van der Waals surface area contributed by atoms with Crippen LogP contribution in [0, 0.1) is 0 Å². The number of likely N-dealkylation sites (N-methyl/N-ethyl adjacent to an activating group) is 1. The summed E-state index contributed by atoms with van der Waals surface area (Å²) >= 11 is 6.02. The van der Waals surface area contributed by atoms with Gasteiger partial charge in [-0.05, 0) is 25.0 Å². The van der Waals surface area contributed by atoms with Crippen molar-refractivity contribution in [3.63, 3.8) is 0 Å². The van der Waals surface area contributed by atoms with Crippen LogP contribution in [0.2, 0.25) is 5.02 Å². The fraction of sp³-hybridized carbons (Fsp3) is 0.500. The summed E-state index contributed by atoms with van der Waals surface area (Å²) in [4.78, 5) is 13.7. The summed E-state index contributed by atoms with van der Waals surface area (Å²) in [6, 6.07) is 5.02. The molecule has 0 aromatic heterocycles. The standard InChI is InChI=1S/C14H19ClN2O3/c1-17(9-10-5-4-8-20-10)14(18)16-12-7-3-6-11(15)13(12)19-2/h3,6-7,10H,4-5,8-9H2,1-2H3,(H,16,18)/t10-/m0/s1. The third-order valence-corrected chi connectivity index (χ3v) is 3.56. The second-order valence-corrected chi connectivity index (χ2v) is 5.17. The summed E-state index contributed by atoms with van der Waals surface area (Å²) in [6.07, 6.45) is 2.19. The predicted molar refractivity (Wildman–Crippen MR) is 78.6 cm³/mol. The van der Waals surface area contributed by atoms with Crippen molar-refractivity contribution in [1.82, 2.24) is 4.90 Å². The number of rotatable bonds is 4. The van der Waals surface area contributed by atoms with Crippen molar-refractivity contribution in [2.24, 2.45) is 0 Å². The number of methoxy groups -OCH3 is 1. The SMILES string of the molecule is COc1c(Cl)cccc1NC(=O)N(C)C[C@@H]1CCCO1. The third-order valence-electron chi connectivity index (χ3n) is 3.26. The highest BCUT2D eigenvalue weighted by atomic mass is 35.5. The second-order valence-electron chi connectivity index (χ2n) is 4.77. The molecule has 110 valence electrons. The zero-order valence-corrected chi connectivity index (χ0v) is 12.4. The van der Waals surface area contributed by atoms with Crippen molar-refractivity contribution < 1.29 is 14.3 Å². The molecule has 1 fully saturated rings. The van der Waals surface area contributed by atoms with Gasteiger partial charge in [0.05, 0.1) is 23.9 Å². The number of carbonyl (C=O) groups excluding carboxylic acids is 1. The topological polar surface area (TPSA) is 50.8 Å². The molecule has 1 atom stereocenters. The van der Waals surface area contributed by atoms with Crippen LogP contribution in [0.4, 0.5) is 10.5 Å². The van der Waals surface area contributed by atoms with E-state index < -0.39 is 0 Å². The van der Waals surface area contributed by atoms with E-state index in [1.807, 2.05) is 0 Å². The Balaban J connectivity index is 1.98. The van der Waals surface area contributed by atoms with Gasteiger partial charge in [-0.2, -0.15) is 0 Å². The first kappa shape index (κ1) is 14.9. The Kier molecular flexibility index (Phi) is 5.09. The zero-order chi connectivity index (χ0) is 14.5. The maximum Gasteiger partial charge on any atom is 0.321 e. The van der Waals surface area contributed by atoms with Gasteiger partial charge in [0.2, 0.25) is 0 Å². The Hall–Kier alpha value is -1.46. The number of para-hydroxylation sites is 1. The predicted octanol–water partition coefficient (Wildman–Crippen LogP) is 2.99. The van der Waals surface area contributed by atoms with Gasteiger partial charge in [0.25, 0.3) is 0 Å². The van der Waals surface area contributed by atoms with Crippen LogP contribution >= 0.6 is 11.6 Å². The molecule has 1 saturated heterocycles. The first-order valence-electron chi connectivity index (χ1n) is 6.58. The van der Waals surface area contributed by atoms with Crippen molar-refractivity contribution in [1.29, 1.82) is 0 Å². The van der Waals surface area contributed by atoms with Crippen LogP contribution < -0.4 is 10.1 Å². The molecule has 0 unspecified atom stereocenters. The number of hydrogen-bond donors (Lipinski definition) is 1. The molecule has 1 aliphatic rings. The quantitative estimate of drug-likeness (QED) is 0.929. The van der Waals surface area contributed by atoms with Crippen molar-refractivity contribution in [2.75, 3.05) is 32.6 Å².